The highest BCUT2D eigenvalue weighted by Crippen LogP contribution is 2.12. The minimum atomic E-state index is -1.15. The first-order valence-electron chi connectivity index (χ1n) is 13.7. The Bertz CT molecular complexity index is 1170. The Labute approximate surface area is 255 Å². The largest absolute Gasteiger partial charge is 0.497 e. The third kappa shape index (κ3) is 12.5. The lowest BCUT2D eigenvalue weighted by Gasteiger charge is -2.26. The van der Waals surface area contributed by atoms with Gasteiger partial charge in [0.15, 0.2) is 0 Å². The van der Waals surface area contributed by atoms with E-state index in [4.69, 9.17) is 9.84 Å². The Hall–Kier alpha value is -3.58. The molecule has 1 aromatic carbocycles. The van der Waals surface area contributed by atoms with Crippen LogP contribution >= 0.6 is 24.0 Å². The summed E-state index contributed by atoms with van der Waals surface area (Å²) in [4.78, 5) is 63.8. The van der Waals surface area contributed by atoms with Crippen LogP contribution in [0.25, 0.3) is 0 Å². The molecule has 11 nitrogen and oxygen atoms in total. The first-order chi connectivity index (χ1) is 20.0. The summed E-state index contributed by atoms with van der Waals surface area (Å²) in [7, 11) is 1.58. The van der Waals surface area contributed by atoms with Crippen molar-refractivity contribution in [3.63, 3.8) is 0 Å². The molecule has 42 heavy (non-hydrogen) atoms. The molecule has 0 aliphatic carbocycles. The van der Waals surface area contributed by atoms with E-state index in [0.29, 0.717) is 13.0 Å². The average molecular weight is 621 g/mol. The van der Waals surface area contributed by atoms with Gasteiger partial charge in [0.1, 0.15) is 23.9 Å². The number of amides is 4. The first-order valence-corrected chi connectivity index (χ1v) is 15.2. The molecule has 2 rings (SSSR count). The molecular formula is C29H40N4O7S2. The Morgan fingerprint density at radius 2 is 1.60 bits per heavy atom. The molecule has 13 heteroatoms. The topological polar surface area (TPSA) is 163 Å². The number of carbonyl (C=O) groups excluding carboxylic acids is 4. The zero-order chi connectivity index (χ0) is 31.1. The molecule has 0 saturated heterocycles. The number of thiophene rings is 1. The van der Waals surface area contributed by atoms with Gasteiger partial charge in [0.05, 0.1) is 13.5 Å². The van der Waals surface area contributed by atoms with Crippen LogP contribution in [0.2, 0.25) is 0 Å². The van der Waals surface area contributed by atoms with Gasteiger partial charge in [-0.25, -0.2) is 0 Å². The predicted octanol–water partition coefficient (Wildman–Crippen LogP) is 1.95. The molecule has 0 spiro atoms. The van der Waals surface area contributed by atoms with E-state index in [-0.39, 0.29) is 37.4 Å². The van der Waals surface area contributed by atoms with Crippen molar-refractivity contribution in [1.82, 2.24) is 21.3 Å². The van der Waals surface area contributed by atoms with Gasteiger partial charge in [-0.1, -0.05) is 32.0 Å². The number of nitrogens with one attached hydrogen (secondary N) is 4. The Balaban J connectivity index is 2.01. The van der Waals surface area contributed by atoms with Crippen molar-refractivity contribution >= 4 is 53.6 Å². The van der Waals surface area contributed by atoms with E-state index in [9.17, 15) is 24.0 Å². The van der Waals surface area contributed by atoms with Crippen LogP contribution in [0.5, 0.6) is 5.75 Å². The van der Waals surface area contributed by atoms with Crippen molar-refractivity contribution in [3.05, 3.63) is 52.2 Å². The van der Waals surface area contributed by atoms with Crippen molar-refractivity contribution in [3.8, 4) is 5.75 Å². The second-order valence-electron chi connectivity index (χ2n) is 10.1. The number of ether oxygens (including phenoxy) is 1. The van der Waals surface area contributed by atoms with Crippen LogP contribution in [0, 0.1) is 5.92 Å². The van der Waals surface area contributed by atoms with Crippen LogP contribution in [0.1, 0.15) is 43.6 Å². The molecular weight excluding hydrogens is 580 g/mol. The van der Waals surface area contributed by atoms with Gasteiger partial charge in [-0.3, -0.25) is 24.0 Å². The quantitative estimate of drug-likeness (QED) is 0.139. The first kappa shape index (κ1) is 34.6. The molecule has 2 aromatic rings. The van der Waals surface area contributed by atoms with Crippen LogP contribution in [0.15, 0.2) is 41.8 Å². The van der Waals surface area contributed by atoms with Gasteiger partial charge in [-0.2, -0.15) is 12.6 Å². The molecule has 0 radical (unpaired) electrons. The summed E-state index contributed by atoms with van der Waals surface area (Å²) in [5.74, 6) is -2.46. The van der Waals surface area contributed by atoms with Crippen molar-refractivity contribution in [2.75, 3.05) is 19.4 Å². The summed E-state index contributed by atoms with van der Waals surface area (Å²) >= 11 is 5.62. The Morgan fingerprint density at radius 1 is 0.929 bits per heavy atom. The van der Waals surface area contributed by atoms with E-state index in [1.165, 1.54) is 11.3 Å². The number of methoxy groups -OCH3 is 1. The third-order valence-corrected chi connectivity index (χ3v) is 7.48. The molecule has 0 aliphatic heterocycles. The van der Waals surface area contributed by atoms with Crippen LogP contribution < -0.4 is 26.0 Å². The molecule has 0 fully saturated rings. The van der Waals surface area contributed by atoms with Gasteiger partial charge in [0.25, 0.3) is 0 Å². The number of aliphatic carboxylic acids is 1. The monoisotopic (exact) mass is 620 g/mol. The number of carboxylic acid groups (broad SMARTS) is 1. The van der Waals surface area contributed by atoms with E-state index in [0.717, 1.165) is 16.2 Å². The highest BCUT2D eigenvalue weighted by molar-refractivity contribution is 7.80. The second kappa shape index (κ2) is 18.1. The van der Waals surface area contributed by atoms with Crippen LogP contribution in [-0.2, 0) is 36.8 Å². The fourth-order valence-corrected chi connectivity index (χ4v) is 5.00. The van der Waals surface area contributed by atoms with Gasteiger partial charge < -0.3 is 31.1 Å². The minimum Gasteiger partial charge on any atom is -0.497 e. The van der Waals surface area contributed by atoms with E-state index in [1.807, 2.05) is 43.5 Å². The lowest BCUT2D eigenvalue weighted by molar-refractivity contribution is -0.138. The number of hydrogen-bond acceptors (Lipinski definition) is 8. The maximum atomic E-state index is 13.2. The summed E-state index contributed by atoms with van der Waals surface area (Å²) in [5.41, 5.74) is 1.00. The minimum absolute atomic E-state index is 0.000265. The third-order valence-electron chi connectivity index (χ3n) is 6.24. The molecule has 230 valence electrons. The van der Waals surface area contributed by atoms with Crippen LogP contribution in [0.4, 0.5) is 0 Å². The average Bonchev–Trinajstić information content (AvgIpc) is 3.46. The van der Waals surface area contributed by atoms with Gasteiger partial charge in [-0.05, 0) is 54.3 Å². The molecule has 5 N–H and O–H groups in total. The van der Waals surface area contributed by atoms with Crippen molar-refractivity contribution in [2.45, 2.75) is 64.1 Å². The SMILES string of the molecule is COc1ccc(CCNC(=O)[C@H](CS)NC(=O)[C@H](CC(C)C)NC(=O)[C@H](CCC(=O)O)NC(=O)Cc2cccs2)cc1. The normalized spacial score (nSPS) is 13.0. The molecule has 0 saturated carbocycles. The highest BCUT2D eigenvalue weighted by Gasteiger charge is 2.30. The lowest BCUT2D eigenvalue weighted by Crippen LogP contribution is -2.57. The molecule has 4 amide bonds. The maximum Gasteiger partial charge on any atom is 0.303 e. The highest BCUT2D eigenvalue weighted by atomic mass is 32.1. The predicted molar refractivity (Wildman–Crippen MR) is 164 cm³/mol. The number of thiol groups is 1. The summed E-state index contributed by atoms with van der Waals surface area (Å²) in [6.07, 6.45) is 0.372. The zero-order valence-electron chi connectivity index (χ0n) is 24.1. The van der Waals surface area contributed by atoms with E-state index < -0.39 is 47.7 Å². The standard InChI is InChI=1S/C29H40N4O7S2/c1-18(2)15-23(32-28(38)22(10-11-26(35)36)31-25(34)16-21-5-4-14-42-21)29(39)33-24(17-41)27(37)30-13-12-19-6-8-20(40-3)9-7-19/h4-9,14,18,22-24,41H,10-13,15-17H2,1-3H3,(H,30,37)(H,31,34)(H,32,38)(H,33,39)(H,35,36)/t22-,23-,24-/m0/s1. The number of benzene rings is 1. The number of carboxylic acids is 1. The summed E-state index contributed by atoms with van der Waals surface area (Å²) in [5, 5.41) is 21.7. The molecule has 0 aliphatic rings. The Morgan fingerprint density at radius 3 is 2.17 bits per heavy atom. The van der Waals surface area contributed by atoms with Crippen molar-refractivity contribution < 1.29 is 33.8 Å². The fraction of sp³-hybridized carbons (Fsp3) is 0.483. The van der Waals surface area contributed by atoms with E-state index >= 15 is 0 Å². The molecule has 1 heterocycles. The van der Waals surface area contributed by atoms with Crippen molar-refractivity contribution in [1.29, 1.82) is 0 Å². The lowest BCUT2D eigenvalue weighted by atomic mass is 10.0. The van der Waals surface area contributed by atoms with Crippen molar-refractivity contribution in [2.24, 2.45) is 5.92 Å². The number of hydrogen-bond donors (Lipinski definition) is 6. The van der Waals surface area contributed by atoms with Gasteiger partial charge in [0.2, 0.25) is 23.6 Å². The number of carbonyl (C=O) groups is 5. The number of rotatable bonds is 18. The maximum absolute atomic E-state index is 13.2. The van der Waals surface area contributed by atoms with Crippen LogP contribution in [0.3, 0.4) is 0 Å². The molecule has 3 atom stereocenters. The van der Waals surface area contributed by atoms with E-state index in [1.54, 1.807) is 19.2 Å². The van der Waals surface area contributed by atoms with Gasteiger partial charge in [0, 0.05) is 23.6 Å². The fourth-order valence-electron chi connectivity index (χ4n) is 4.04. The summed E-state index contributed by atoms with van der Waals surface area (Å²) in [6, 6.07) is 7.93. The summed E-state index contributed by atoms with van der Waals surface area (Å²) < 4.78 is 5.15. The summed E-state index contributed by atoms with van der Waals surface area (Å²) in [6.45, 7) is 4.09. The van der Waals surface area contributed by atoms with E-state index in [2.05, 4.69) is 33.9 Å². The molecule has 0 unspecified atom stereocenters. The van der Waals surface area contributed by atoms with Gasteiger partial charge in [-0.15, -0.1) is 11.3 Å². The Kier molecular flexibility index (Phi) is 14.9. The van der Waals surface area contributed by atoms with Crippen LogP contribution in [-0.4, -0.2) is 72.2 Å². The van der Waals surface area contributed by atoms with Gasteiger partial charge >= 0.3 is 5.97 Å². The zero-order valence-corrected chi connectivity index (χ0v) is 25.8. The molecule has 1 aromatic heterocycles. The smallest absolute Gasteiger partial charge is 0.303 e. The molecule has 0 bridgehead atoms. The second-order valence-corrected chi connectivity index (χ2v) is 11.5.